The average molecular weight is 440 g/mol. The van der Waals surface area contributed by atoms with Crippen molar-refractivity contribution in [3.05, 3.63) is 46.1 Å². The number of hydrogen-bond donors (Lipinski definition) is 0. The third-order valence-corrected chi connectivity index (χ3v) is 6.29. The topological polar surface area (TPSA) is 82.7 Å². The van der Waals surface area contributed by atoms with Gasteiger partial charge >= 0.3 is 18.2 Å². The van der Waals surface area contributed by atoms with Crippen molar-refractivity contribution >= 4 is 5.82 Å². The number of halogens is 3. The van der Waals surface area contributed by atoms with Crippen LogP contribution >= 0.6 is 0 Å². The van der Waals surface area contributed by atoms with Gasteiger partial charge in [-0.25, -0.2) is 0 Å². The van der Waals surface area contributed by atoms with E-state index in [-0.39, 0.29) is 23.6 Å². The van der Waals surface area contributed by atoms with E-state index >= 15 is 0 Å². The maximum atomic E-state index is 12.3. The van der Waals surface area contributed by atoms with Gasteiger partial charge in [0.05, 0.1) is 6.04 Å². The molecule has 168 valence electrons. The number of piperidine rings is 1. The molecule has 31 heavy (non-hydrogen) atoms. The van der Waals surface area contributed by atoms with E-state index < -0.39 is 17.0 Å². The molecule has 0 aliphatic carbocycles. The van der Waals surface area contributed by atoms with E-state index in [4.69, 9.17) is 4.74 Å². The van der Waals surface area contributed by atoms with E-state index in [2.05, 4.69) is 14.6 Å². The van der Waals surface area contributed by atoms with Gasteiger partial charge in [0.15, 0.2) is 5.72 Å². The van der Waals surface area contributed by atoms with Crippen LogP contribution in [0.5, 0.6) is 11.8 Å². The fourth-order valence-electron chi connectivity index (χ4n) is 4.40. The molecule has 0 spiro atoms. The van der Waals surface area contributed by atoms with Crippen LogP contribution in [0.1, 0.15) is 38.3 Å². The molecule has 1 saturated heterocycles. The molecule has 4 rings (SSSR count). The number of rotatable bonds is 5. The first-order valence-corrected chi connectivity index (χ1v) is 10.1. The van der Waals surface area contributed by atoms with E-state index in [9.17, 15) is 23.3 Å². The van der Waals surface area contributed by atoms with Crippen molar-refractivity contribution in [1.29, 1.82) is 0 Å². The molecule has 1 aromatic heterocycles. The lowest BCUT2D eigenvalue weighted by Crippen LogP contribution is -2.55. The minimum atomic E-state index is -4.69. The van der Waals surface area contributed by atoms with Crippen molar-refractivity contribution in [2.24, 2.45) is 5.92 Å². The van der Waals surface area contributed by atoms with Crippen LogP contribution in [-0.2, 0) is 6.42 Å². The third kappa shape index (κ3) is 4.32. The molecule has 2 aliphatic heterocycles. The summed E-state index contributed by atoms with van der Waals surface area (Å²) >= 11 is 0. The first kappa shape index (κ1) is 21.4. The van der Waals surface area contributed by atoms with Crippen molar-refractivity contribution in [3.63, 3.8) is 0 Å². The number of ether oxygens (including phenoxy) is 2. The van der Waals surface area contributed by atoms with Gasteiger partial charge in [0, 0.05) is 18.1 Å². The molecule has 3 heterocycles. The summed E-state index contributed by atoms with van der Waals surface area (Å²) in [6.07, 6.45) is -0.680. The van der Waals surface area contributed by atoms with E-state index in [1.807, 2.05) is 13.8 Å². The summed E-state index contributed by atoms with van der Waals surface area (Å²) in [7, 11) is 0. The number of alkyl halides is 3. The van der Waals surface area contributed by atoms with Gasteiger partial charge in [0.25, 0.3) is 0 Å². The second-order valence-corrected chi connectivity index (χ2v) is 8.21. The standard InChI is InChI=1S/C20H23F3N4O4/c1-13-19(2,31-18-24-17(27(28)29)12-26(13)18)25-9-7-15(8-10-25)11-14-3-5-16(6-4-14)30-20(21,22)23/h3-6,12-13,15H,7-11H2,1-2H3/t13?,19-/m0/s1. The molecular formula is C20H23F3N4O4. The highest BCUT2D eigenvalue weighted by Gasteiger charge is 2.50. The molecule has 1 aromatic carbocycles. The number of nitro groups is 1. The zero-order valence-electron chi connectivity index (χ0n) is 17.1. The molecule has 8 nitrogen and oxygen atoms in total. The predicted molar refractivity (Wildman–Crippen MR) is 104 cm³/mol. The second kappa shape index (κ2) is 7.70. The van der Waals surface area contributed by atoms with Gasteiger partial charge in [-0.15, -0.1) is 13.2 Å². The van der Waals surface area contributed by atoms with Gasteiger partial charge in [-0.2, -0.15) is 0 Å². The molecule has 0 amide bonds. The Hall–Kier alpha value is -2.82. The van der Waals surface area contributed by atoms with Crippen LogP contribution in [0.2, 0.25) is 0 Å². The molecule has 1 unspecified atom stereocenters. The van der Waals surface area contributed by atoms with Crippen LogP contribution in [-0.4, -0.2) is 44.6 Å². The molecule has 11 heteroatoms. The summed E-state index contributed by atoms with van der Waals surface area (Å²) in [5, 5.41) is 10.9. The number of hydrogen-bond acceptors (Lipinski definition) is 6. The van der Waals surface area contributed by atoms with E-state index in [1.54, 1.807) is 16.7 Å². The fraction of sp³-hybridized carbons (Fsp3) is 0.550. The summed E-state index contributed by atoms with van der Waals surface area (Å²) < 4.78 is 48.5. The monoisotopic (exact) mass is 440 g/mol. The Morgan fingerprint density at radius 1 is 1.29 bits per heavy atom. The second-order valence-electron chi connectivity index (χ2n) is 8.21. The summed E-state index contributed by atoms with van der Waals surface area (Å²) in [6, 6.07) is 6.14. The lowest BCUT2D eigenvalue weighted by Gasteiger charge is -2.43. The van der Waals surface area contributed by atoms with Crippen LogP contribution in [0.25, 0.3) is 0 Å². The van der Waals surface area contributed by atoms with Gasteiger partial charge in [-0.3, -0.25) is 9.47 Å². The van der Waals surface area contributed by atoms with Crippen molar-refractivity contribution in [3.8, 4) is 11.8 Å². The molecular weight excluding hydrogens is 417 g/mol. The third-order valence-electron chi connectivity index (χ3n) is 6.29. The zero-order chi connectivity index (χ0) is 22.4. The molecule has 2 aromatic rings. The van der Waals surface area contributed by atoms with Crippen molar-refractivity contribution in [1.82, 2.24) is 14.5 Å². The molecule has 2 aliphatic rings. The number of benzene rings is 1. The Bertz CT molecular complexity index is 954. The highest BCUT2D eigenvalue weighted by Crippen LogP contribution is 2.43. The number of aromatic nitrogens is 2. The Morgan fingerprint density at radius 3 is 2.48 bits per heavy atom. The van der Waals surface area contributed by atoms with Gasteiger partial charge in [0.1, 0.15) is 11.9 Å². The van der Waals surface area contributed by atoms with Gasteiger partial charge in [-0.1, -0.05) is 12.1 Å². The van der Waals surface area contributed by atoms with Crippen molar-refractivity contribution < 1.29 is 27.6 Å². The Morgan fingerprint density at radius 2 is 1.94 bits per heavy atom. The smallest absolute Gasteiger partial charge is 0.422 e. The molecule has 0 bridgehead atoms. The van der Waals surface area contributed by atoms with Gasteiger partial charge in [-0.05, 0) is 61.6 Å². The number of imidazole rings is 1. The highest BCUT2D eigenvalue weighted by molar-refractivity contribution is 5.28. The number of nitrogens with zero attached hydrogens (tertiary/aromatic N) is 4. The zero-order valence-corrected chi connectivity index (χ0v) is 17.1. The Labute approximate surface area is 176 Å². The Kier molecular flexibility index (Phi) is 5.32. The molecule has 1 fully saturated rings. The minimum absolute atomic E-state index is 0.138. The maximum absolute atomic E-state index is 12.3. The van der Waals surface area contributed by atoms with Gasteiger partial charge in [0.2, 0.25) is 0 Å². The summed E-state index contributed by atoms with van der Waals surface area (Å²) in [5.41, 5.74) is 0.330. The highest BCUT2D eigenvalue weighted by atomic mass is 19.4. The first-order valence-electron chi connectivity index (χ1n) is 10.1. The first-order chi connectivity index (χ1) is 14.5. The van der Waals surface area contributed by atoms with Crippen molar-refractivity contribution in [2.45, 2.75) is 51.2 Å². The van der Waals surface area contributed by atoms with E-state index in [0.29, 0.717) is 5.92 Å². The van der Waals surface area contributed by atoms with Crippen molar-refractivity contribution in [2.75, 3.05) is 13.1 Å². The number of likely N-dealkylation sites (tertiary alicyclic amines) is 1. The predicted octanol–water partition coefficient (Wildman–Crippen LogP) is 4.31. The molecule has 0 N–H and O–H groups in total. The Balaban J connectivity index is 1.33. The lowest BCUT2D eigenvalue weighted by molar-refractivity contribution is -0.389. The minimum Gasteiger partial charge on any atom is -0.422 e. The normalized spacial score (nSPS) is 24.6. The molecule has 2 atom stereocenters. The van der Waals surface area contributed by atoms with E-state index in [1.165, 1.54) is 18.3 Å². The van der Waals surface area contributed by atoms with Crippen LogP contribution in [0, 0.1) is 16.0 Å². The summed E-state index contributed by atoms with van der Waals surface area (Å²) in [4.78, 5) is 16.6. The summed E-state index contributed by atoms with van der Waals surface area (Å²) in [6.45, 7) is 5.50. The number of fused-ring (bicyclic) bond motifs is 1. The van der Waals surface area contributed by atoms with E-state index in [0.717, 1.165) is 37.9 Å². The SMILES string of the molecule is CC1n2cc([N+](=O)[O-])nc2O[C@]1(C)N1CCC(Cc2ccc(OC(F)(F)F)cc2)CC1. The average Bonchev–Trinajstić information content (AvgIpc) is 3.21. The summed E-state index contributed by atoms with van der Waals surface area (Å²) in [5.74, 6) is -0.0394. The van der Waals surface area contributed by atoms with Crippen LogP contribution in [0.15, 0.2) is 30.5 Å². The molecule has 0 radical (unpaired) electrons. The van der Waals surface area contributed by atoms with Gasteiger partial charge < -0.3 is 19.6 Å². The quantitative estimate of drug-likeness (QED) is 0.509. The largest absolute Gasteiger partial charge is 0.573 e. The maximum Gasteiger partial charge on any atom is 0.573 e. The molecule has 0 saturated carbocycles. The lowest BCUT2D eigenvalue weighted by atomic mass is 9.88. The van der Waals surface area contributed by atoms with Crippen LogP contribution in [0.3, 0.4) is 0 Å². The fourth-order valence-corrected chi connectivity index (χ4v) is 4.40. The van der Waals surface area contributed by atoms with Crippen LogP contribution < -0.4 is 9.47 Å². The van der Waals surface area contributed by atoms with Crippen LogP contribution in [0.4, 0.5) is 19.0 Å².